The van der Waals surface area contributed by atoms with Crippen LogP contribution < -0.4 is 0 Å². The lowest BCUT2D eigenvalue weighted by atomic mass is 10.1. The van der Waals surface area contributed by atoms with Gasteiger partial charge in [0.15, 0.2) is 6.10 Å². The number of methoxy groups -OCH3 is 1. The zero-order valence-corrected chi connectivity index (χ0v) is 14.6. The van der Waals surface area contributed by atoms with Gasteiger partial charge in [0.25, 0.3) is 0 Å². The number of likely N-dealkylation sites (tertiary alicyclic amines) is 1. The molecule has 2 aliphatic rings. The van der Waals surface area contributed by atoms with Crippen LogP contribution in [0, 0.1) is 0 Å². The van der Waals surface area contributed by atoms with Crippen LogP contribution in [0.1, 0.15) is 30.4 Å². The van der Waals surface area contributed by atoms with E-state index in [-0.39, 0.29) is 5.97 Å². The van der Waals surface area contributed by atoms with Gasteiger partial charge in [-0.3, -0.25) is 9.80 Å². The number of hydrogen-bond acceptors (Lipinski definition) is 5. The van der Waals surface area contributed by atoms with Crippen LogP contribution in [-0.4, -0.2) is 61.8 Å². The van der Waals surface area contributed by atoms with Crippen LogP contribution in [0.5, 0.6) is 0 Å². The normalized spacial score (nSPS) is 23.1. The molecule has 0 spiro atoms. The van der Waals surface area contributed by atoms with Gasteiger partial charge in [-0.15, -0.1) is 0 Å². The highest BCUT2D eigenvalue weighted by atomic mass is 16.6. The molecule has 3 rings (SSSR count). The average Bonchev–Trinajstić information content (AvgIpc) is 2.64. The minimum absolute atomic E-state index is 0.281. The first-order valence-electron chi connectivity index (χ1n) is 8.96. The summed E-state index contributed by atoms with van der Waals surface area (Å²) >= 11 is 0. The number of piperidine rings is 1. The number of nitrogens with zero attached hydrogens (tertiary/aromatic N) is 2. The summed E-state index contributed by atoms with van der Waals surface area (Å²) in [5, 5.41) is 0. The van der Waals surface area contributed by atoms with E-state index >= 15 is 0 Å². The van der Waals surface area contributed by atoms with Gasteiger partial charge in [0.1, 0.15) is 0 Å². The summed E-state index contributed by atoms with van der Waals surface area (Å²) in [6, 6.07) is 8.90. The smallest absolute Gasteiger partial charge is 0.336 e. The highest BCUT2D eigenvalue weighted by Gasteiger charge is 2.27. The third-order valence-electron chi connectivity index (χ3n) is 4.90. The number of esters is 1. The molecule has 0 radical (unpaired) electrons. The molecule has 0 bridgehead atoms. The Bertz CT molecular complexity index is 526. The Hall–Kier alpha value is -1.43. The average molecular weight is 332 g/mol. The maximum Gasteiger partial charge on any atom is 0.336 e. The Balaban J connectivity index is 1.51. The number of ether oxygens (including phenoxy) is 2. The predicted octanol–water partition coefficient (Wildman–Crippen LogP) is 2.05. The number of carbonyl (C=O) groups is 1. The number of benzene rings is 1. The zero-order chi connectivity index (χ0) is 16.8. The van der Waals surface area contributed by atoms with Crippen LogP contribution in [0.25, 0.3) is 0 Å². The van der Waals surface area contributed by atoms with Crippen molar-refractivity contribution in [3.63, 3.8) is 0 Å². The molecule has 132 valence electrons. The molecule has 24 heavy (non-hydrogen) atoms. The Morgan fingerprint density at radius 1 is 1.04 bits per heavy atom. The molecule has 2 saturated heterocycles. The fraction of sp³-hybridized carbons (Fsp3) is 0.632. The number of morpholine rings is 1. The Morgan fingerprint density at radius 2 is 1.67 bits per heavy atom. The topological polar surface area (TPSA) is 42.0 Å². The van der Waals surface area contributed by atoms with E-state index in [1.54, 1.807) is 0 Å². The van der Waals surface area contributed by atoms with Crippen LogP contribution in [-0.2, 0) is 27.4 Å². The van der Waals surface area contributed by atoms with Crippen molar-refractivity contribution in [2.75, 3.05) is 39.9 Å². The largest absolute Gasteiger partial charge is 0.467 e. The Kier molecular flexibility index (Phi) is 6.24. The van der Waals surface area contributed by atoms with E-state index in [0.717, 1.165) is 19.6 Å². The fourth-order valence-electron chi connectivity index (χ4n) is 3.50. The van der Waals surface area contributed by atoms with Gasteiger partial charge in [0, 0.05) is 26.2 Å². The van der Waals surface area contributed by atoms with E-state index < -0.39 is 6.10 Å². The molecule has 2 fully saturated rings. The molecule has 1 aromatic carbocycles. The maximum absolute atomic E-state index is 11.6. The summed E-state index contributed by atoms with van der Waals surface area (Å²) in [5.41, 5.74) is 2.66. The molecular weight excluding hydrogens is 304 g/mol. The third-order valence-corrected chi connectivity index (χ3v) is 4.90. The van der Waals surface area contributed by atoms with Crippen LogP contribution in [0.4, 0.5) is 0 Å². The van der Waals surface area contributed by atoms with E-state index in [1.165, 1.54) is 50.6 Å². The molecular formula is C19H28N2O3. The summed E-state index contributed by atoms with van der Waals surface area (Å²) < 4.78 is 10.3. The van der Waals surface area contributed by atoms with Crippen molar-refractivity contribution in [2.24, 2.45) is 0 Å². The van der Waals surface area contributed by atoms with Crippen molar-refractivity contribution in [3.05, 3.63) is 35.4 Å². The van der Waals surface area contributed by atoms with Gasteiger partial charge >= 0.3 is 5.97 Å². The monoisotopic (exact) mass is 332 g/mol. The van der Waals surface area contributed by atoms with E-state index in [1.807, 2.05) is 0 Å². The molecule has 0 amide bonds. The first-order chi connectivity index (χ1) is 11.7. The van der Waals surface area contributed by atoms with Crippen molar-refractivity contribution in [1.29, 1.82) is 0 Å². The lowest BCUT2D eigenvalue weighted by Gasteiger charge is -2.31. The lowest BCUT2D eigenvalue weighted by Crippen LogP contribution is -2.46. The lowest BCUT2D eigenvalue weighted by molar-refractivity contribution is -0.160. The van der Waals surface area contributed by atoms with Crippen LogP contribution in [0.15, 0.2) is 24.3 Å². The molecule has 1 atom stereocenters. The Morgan fingerprint density at radius 3 is 2.29 bits per heavy atom. The molecule has 0 N–H and O–H groups in total. The SMILES string of the molecule is COC(=O)[C@H]1CN(Cc2ccc(CN3CCCCC3)cc2)CCO1. The van der Waals surface area contributed by atoms with Gasteiger partial charge in [-0.25, -0.2) is 4.79 Å². The number of carbonyl (C=O) groups excluding carboxylic acids is 1. The highest BCUT2D eigenvalue weighted by Crippen LogP contribution is 2.15. The summed E-state index contributed by atoms with van der Waals surface area (Å²) in [5.74, 6) is -0.281. The van der Waals surface area contributed by atoms with E-state index in [4.69, 9.17) is 9.47 Å². The summed E-state index contributed by atoms with van der Waals surface area (Å²) in [7, 11) is 1.41. The molecule has 0 unspecified atom stereocenters. The minimum Gasteiger partial charge on any atom is -0.467 e. The number of hydrogen-bond donors (Lipinski definition) is 0. The van der Waals surface area contributed by atoms with Gasteiger partial charge in [0.05, 0.1) is 13.7 Å². The van der Waals surface area contributed by atoms with Gasteiger partial charge in [0.2, 0.25) is 0 Å². The van der Waals surface area contributed by atoms with Crippen LogP contribution in [0.2, 0.25) is 0 Å². The molecule has 2 aliphatic heterocycles. The molecule has 5 nitrogen and oxygen atoms in total. The van der Waals surface area contributed by atoms with Crippen molar-refractivity contribution in [3.8, 4) is 0 Å². The molecule has 0 saturated carbocycles. The van der Waals surface area contributed by atoms with Crippen molar-refractivity contribution < 1.29 is 14.3 Å². The first kappa shape index (κ1) is 17.4. The van der Waals surface area contributed by atoms with E-state index in [9.17, 15) is 4.79 Å². The fourth-order valence-corrected chi connectivity index (χ4v) is 3.50. The minimum atomic E-state index is -0.456. The quantitative estimate of drug-likeness (QED) is 0.772. The van der Waals surface area contributed by atoms with Crippen molar-refractivity contribution in [1.82, 2.24) is 9.80 Å². The molecule has 0 aromatic heterocycles. The van der Waals surface area contributed by atoms with Gasteiger partial charge in [-0.05, 0) is 37.1 Å². The number of rotatable bonds is 5. The summed E-state index contributed by atoms with van der Waals surface area (Å²) in [6.07, 6.45) is 3.58. The second-order valence-corrected chi connectivity index (χ2v) is 6.77. The second kappa shape index (κ2) is 8.60. The zero-order valence-electron chi connectivity index (χ0n) is 14.6. The molecule has 5 heteroatoms. The van der Waals surface area contributed by atoms with E-state index in [2.05, 4.69) is 34.1 Å². The van der Waals surface area contributed by atoms with Crippen LogP contribution >= 0.6 is 0 Å². The standard InChI is InChI=1S/C19H28N2O3/c1-23-19(22)18-15-21(11-12-24-18)14-17-7-5-16(6-8-17)13-20-9-3-2-4-10-20/h5-8,18H,2-4,9-15H2,1H3/t18-/m1/s1. The Labute approximate surface area is 144 Å². The molecule has 2 heterocycles. The van der Waals surface area contributed by atoms with Crippen molar-refractivity contribution in [2.45, 2.75) is 38.5 Å². The van der Waals surface area contributed by atoms with Gasteiger partial charge < -0.3 is 9.47 Å². The van der Waals surface area contributed by atoms with E-state index in [0.29, 0.717) is 13.2 Å². The third kappa shape index (κ3) is 4.79. The summed E-state index contributed by atoms with van der Waals surface area (Å²) in [6.45, 7) is 6.38. The highest BCUT2D eigenvalue weighted by molar-refractivity contribution is 5.74. The van der Waals surface area contributed by atoms with Gasteiger partial charge in [-0.2, -0.15) is 0 Å². The molecule has 1 aromatic rings. The van der Waals surface area contributed by atoms with Gasteiger partial charge in [-0.1, -0.05) is 30.7 Å². The van der Waals surface area contributed by atoms with Crippen molar-refractivity contribution >= 4 is 5.97 Å². The van der Waals surface area contributed by atoms with Crippen LogP contribution in [0.3, 0.4) is 0 Å². The summed E-state index contributed by atoms with van der Waals surface area (Å²) in [4.78, 5) is 16.4. The maximum atomic E-state index is 11.6. The predicted molar refractivity (Wildman–Crippen MR) is 92.6 cm³/mol. The second-order valence-electron chi connectivity index (χ2n) is 6.77. The first-order valence-corrected chi connectivity index (χ1v) is 8.96. The molecule has 0 aliphatic carbocycles.